The number of pyridine rings is 1. The van der Waals surface area contributed by atoms with E-state index in [4.69, 9.17) is 0 Å². The molecule has 45 heavy (non-hydrogen) atoms. The average Bonchev–Trinajstić information content (AvgIpc) is 3.02. The summed E-state index contributed by atoms with van der Waals surface area (Å²) in [6, 6.07) is 17.7. The molecule has 0 spiro atoms. The summed E-state index contributed by atoms with van der Waals surface area (Å²) in [5, 5.41) is 2.74. The Bertz CT molecular complexity index is 1600. The minimum Gasteiger partial charge on any atom is -0.346 e. The highest BCUT2D eigenvalue weighted by atomic mass is 32.2. The number of sulfone groups is 1. The van der Waals surface area contributed by atoms with Crippen LogP contribution in [0.3, 0.4) is 0 Å². The molecule has 0 aliphatic carbocycles. The van der Waals surface area contributed by atoms with E-state index in [2.05, 4.69) is 10.3 Å². The lowest BCUT2D eigenvalue weighted by Crippen LogP contribution is -2.44. The number of rotatable bonds is 17. The third kappa shape index (κ3) is 10.7. The number of aromatic nitrogens is 1. The lowest BCUT2D eigenvalue weighted by molar-refractivity contribution is -0.141. The van der Waals surface area contributed by atoms with Crippen molar-refractivity contribution in [1.82, 2.24) is 10.3 Å². The fourth-order valence-electron chi connectivity index (χ4n) is 4.96. The van der Waals surface area contributed by atoms with Gasteiger partial charge in [0, 0.05) is 55.3 Å². The van der Waals surface area contributed by atoms with Crippen LogP contribution in [-0.2, 0) is 41.9 Å². The van der Waals surface area contributed by atoms with Crippen LogP contribution >= 0.6 is 0 Å². The van der Waals surface area contributed by atoms with Gasteiger partial charge in [-0.15, -0.1) is 0 Å². The molecule has 0 bridgehead atoms. The molecule has 1 aromatic heterocycles. The molecular formula is C35H40N2O7S. The van der Waals surface area contributed by atoms with E-state index in [0.717, 1.165) is 11.8 Å². The Hall–Kier alpha value is -4.31. The molecule has 0 aliphatic rings. The van der Waals surface area contributed by atoms with Crippen molar-refractivity contribution < 1.29 is 32.4 Å². The monoisotopic (exact) mass is 632 g/mol. The molecule has 1 heterocycles. The molecule has 0 saturated heterocycles. The quantitative estimate of drug-likeness (QED) is 0.170. The van der Waals surface area contributed by atoms with Gasteiger partial charge in [0.25, 0.3) is 0 Å². The fourth-order valence-corrected chi connectivity index (χ4v) is 5.59. The Kier molecular flexibility index (Phi) is 12.6. The van der Waals surface area contributed by atoms with Crippen LogP contribution in [0.4, 0.5) is 0 Å². The summed E-state index contributed by atoms with van der Waals surface area (Å²) in [5.74, 6) is -4.21. The first-order valence-corrected chi connectivity index (χ1v) is 16.8. The highest BCUT2D eigenvalue weighted by Crippen LogP contribution is 2.21. The zero-order valence-corrected chi connectivity index (χ0v) is 26.9. The third-order valence-corrected chi connectivity index (χ3v) is 8.93. The number of amides is 1. The van der Waals surface area contributed by atoms with Gasteiger partial charge in [0.05, 0.1) is 10.9 Å². The summed E-state index contributed by atoms with van der Waals surface area (Å²) in [7, 11) is -3.34. The van der Waals surface area contributed by atoms with E-state index in [1.807, 2.05) is 30.3 Å². The maximum absolute atomic E-state index is 13.4. The second-order valence-electron chi connectivity index (χ2n) is 11.7. The number of carbonyl (C=O) groups excluding carboxylic acids is 5. The number of carbonyl (C=O) groups is 5. The number of benzene rings is 2. The normalized spacial score (nSPS) is 13.4. The number of nitrogens with one attached hydrogen (secondary N) is 1. The first-order valence-electron chi connectivity index (χ1n) is 14.9. The molecule has 3 atom stereocenters. The summed E-state index contributed by atoms with van der Waals surface area (Å²) in [6.07, 6.45) is 4.32. The number of ketones is 4. The van der Waals surface area contributed by atoms with Crippen molar-refractivity contribution in [2.45, 2.75) is 63.8 Å². The summed E-state index contributed by atoms with van der Waals surface area (Å²) in [4.78, 5) is 69.7. The zero-order chi connectivity index (χ0) is 33.1. The van der Waals surface area contributed by atoms with Crippen LogP contribution in [0.25, 0.3) is 0 Å². The molecule has 0 fully saturated rings. The summed E-state index contributed by atoms with van der Waals surface area (Å²) < 4.78 is 23.3. The zero-order valence-electron chi connectivity index (χ0n) is 26.1. The second kappa shape index (κ2) is 16.1. The van der Waals surface area contributed by atoms with Crippen LogP contribution in [0, 0.1) is 17.8 Å². The molecule has 0 radical (unpaired) electrons. The van der Waals surface area contributed by atoms with Gasteiger partial charge in [-0.3, -0.25) is 29.0 Å². The lowest BCUT2D eigenvalue weighted by Gasteiger charge is -2.23. The molecule has 0 saturated carbocycles. The highest BCUT2D eigenvalue weighted by Gasteiger charge is 2.32. The number of hydrogen-bond donors (Lipinski definition) is 1. The third-order valence-electron chi connectivity index (χ3n) is 7.80. The van der Waals surface area contributed by atoms with Gasteiger partial charge < -0.3 is 5.32 Å². The van der Waals surface area contributed by atoms with Crippen molar-refractivity contribution in [3.8, 4) is 0 Å². The summed E-state index contributed by atoms with van der Waals surface area (Å²) in [5.41, 5.74) is 2.02. The number of hydrogen-bond acceptors (Lipinski definition) is 8. The van der Waals surface area contributed by atoms with Gasteiger partial charge in [-0.1, -0.05) is 56.3 Å². The molecule has 0 unspecified atom stereocenters. The minimum absolute atomic E-state index is 0.0652. The summed E-state index contributed by atoms with van der Waals surface area (Å²) >= 11 is 0. The van der Waals surface area contributed by atoms with Gasteiger partial charge in [0.1, 0.15) is 0 Å². The average molecular weight is 633 g/mol. The number of aryl methyl sites for hydroxylation is 1. The predicted molar refractivity (Wildman–Crippen MR) is 170 cm³/mol. The van der Waals surface area contributed by atoms with E-state index in [1.54, 1.807) is 38.1 Å². The van der Waals surface area contributed by atoms with Gasteiger partial charge in [-0.2, -0.15) is 0 Å². The van der Waals surface area contributed by atoms with E-state index in [9.17, 15) is 32.4 Å². The van der Waals surface area contributed by atoms with E-state index >= 15 is 0 Å². The van der Waals surface area contributed by atoms with Crippen LogP contribution in [0.15, 0.2) is 84.0 Å². The van der Waals surface area contributed by atoms with Gasteiger partial charge in [-0.25, -0.2) is 8.42 Å². The molecule has 1 amide bonds. The SMILES string of the molecule is CC(C)[C@H](CC(=O)[C@H](C)NC(=O)[C@@H](CC(=O)c1ccncc1)Cc1ccccc1)C(=O)C(=O)CCc1ccc(S(C)(=O)=O)cc1. The van der Waals surface area contributed by atoms with Gasteiger partial charge >= 0.3 is 0 Å². The smallest absolute Gasteiger partial charge is 0.224 e. The fraction of sp³-hybridized carbons (Fsp3) is 0.371. The first kappa shape index (κ1) is 35.2. The van der Waals surface area contributed by atoms with Crippen molar-refractivity contribution >= 4 is 38.9 Å². The molecule has 1 N–H and O–H groups in total. The minimum atomic E-state index is -3.34. The maximum atomic E-state index is 13.4. The van der Waals surface area contributed by atoms with Crippen LogP contribution in [0.1, 0.15) is 61.5 Å². The highest BCUT2D eigenvalue weighted by molar-refractivity contribution is 7.90. The molecule has 2 aromatic carbocycles. The van der Waals surface area contributed by atoms with E-state index in [-0.39, 0.29) is 42.3 Å². The van der Waals surface area contributed by atoms with Crippen LogP contribution < -0.4 is 5.32 Å². The molecule has 0 aliphatic heterocycles. The van der Waals surface area contributed by atoms with Crippen LogP contribution in [0.5, 0.6) is 0 Å². The van der Waals surface area contributed by atoms with Crippen molar-refractivity contribution in [2.75, 3.05) is 6.26 Å². The Morgan fingerprint density at radius 1 is 0.800 bits per heavy atom. The van der Waals surface area contributed by atoms with Crippen LogP contribution in [-0.4, -0.2) is 54.7 Å². The molecular weight excluding hydrogens is 592 g/mol. The Morgan fingerprint density at radius 2 is 1.42 bits per heavy atom. The lowest BCUT2D eigenvalue weighted by atomic mass is 9.83. The van der Waals surface area contributed by atoms with Crippen molar-refractivity contribution in [2.24, 2.45) is 17.8 Å². The van der Waals surface area contributed by atoms with Crippen molar-refractivity contribution in [3.63, 3.8) is 0 Å². The number of Topliss-reactive ketones (excluding diaryl/α,β-unsaturated/α-hetero) is 4. The van der Waals surface area contributed by atoms with Gasteiger partial charge in [0.2, 0.25) is 11.7 Å². The van der Waals surface area contributed by atoms with Crippen molar-refractivity contribution in [1.29, 1.82) is 0 Å². The standard InChI is InChI=1S/C35H40N2O7S/c1-23(2)30(34(41)31(38)15-12-25-10-13-29(14-11-25)45(4,43)44)22-32(39)24(3)37-35(42)28(20-26-8-6-5-7-9-26)21-33(40)27-16-18-36-19-17-27/h5-11,13-14,16-19,23-24,28,30H,12,15,20-22H2,1-4H3,(H,37,42)/t24-,28+,30-/m0/s1. The molecule has 238 valence electrons. The Labute approximate surface area is 264 Å². The Balaban J connectivity index is 1.63. The summed E-state index contributed by atoms with van der Waals surface area (Å²) in [6.45, 7) is 5.06. The number of nitrogens with zero attached hydrogens (tertiary/aromatic N) is 1. The molecule has 3 aromatic rings. The second-order valence-corrected chi connectivity index (χ2v) is 13.7. The largest absolute Gasteiger partial charge is 0.346 e. The van der Waals surface area contributed by atoms with Gasteiger partial charge in [0.15, 0.2) is 27.2 Å². The molecule has 9 nitrogen and oxygen atoms in total. The predicted octanol–water partition coefficient (Wildman–Crippen LogP) is 4.42. The maximum Gasteiger partial charge on any atom is 0.224 e. The van der Waals surface area contributed by atoms with E-state index in [1.165, 1.54) is 31.5 Å². The van der Waals surface area contributed by atoms with Crippen molar-refractivity contribution in [3.05, 3.63) is 95.8 Å². The Morgan fingerprint density at radius 3 is 2.00 bits per heavy atom. The topological polar surface area (TPSA) is 144 Å². The van der Waals surface area contributed by atoms with E-state index < -0.39 is 51.0 Å². The molecule has 10 heteroatoms. The van der Waals surface area contributed by atoms with Gasteiger partial charge in [-0.05, 0) is 61.1 Å². The first-order chi connectivity index (χ1) is 21.3. The molecule has 3 rings (SSSR count). The van der Waals surface area contributed by atoms with E-state index in [0.29, 0.717) is 17.5 Å². The van der Waals surface area contributed by atoms with Crippen LogP contribution in [0.2, 0.25) is 0 Å².